The van der Waals surface area contributed by atoms with Gasteiger partial charge in [0.15, 0.2) is 0 Å². The monoisotopic (exact) mass is 335 g/mol. The molecule has 1 saturated heterocycles. The molecule has 1 saturated carbocycles. The number of nitrogens with zero attached hydrogens (tertiary/aromatic N) is 2. The van der Waals surface area contributed by atoms with Gasteiger partial charge in [-0.1, -0.05) is 19.3 Å². The second-order valence-electron chi connectivity index (χ2n) is 7.99. The average Bonchev–Trinajstić information content (AvgIpc) is 2.54. The topological polar surface area (TPSA) is 82.4 Å². The molecular formula is C18H29N3O3. The minimum absolute atomic E-state index is 0.0395. The number of ether oxygens (including phenoxy) is 1. The second-order valence-corrected chi connectivity index (χ2v) is 7.99. The summed E-state index contributed by atoms with van der Waals surface area (Å²) in [6.07, 6.45) is 5.52. The van der Waals surface area contributed by atoms with Gasteiger partial charge in [-0.2, -0.15) is 5.26 Å². The molecule has 1 heterocycles. The second kappa shape index (κ2) is 7.42. The van der Waals surface area contributed by atoms with Gasteiger partial charge in [-0.25, -0.2) is 4.79 Å². The van der Waals surface area contributed by atoms with Crippen LogP contribution in [0, 0.1) is 17.2 Å². The highest BCUT2D eigenvalue weighted by atomic mass is 16.6. The lowest BCUT2D eigenvalue weighted by molar-refractivity contribution is -0.128. The van der Waals surface area contributed by atoms with Gasteiger partial charge in [-0.05, 0) is 46.5 Å². The lowest BCUT2D eigenvalue weighted by atomic mass is 9.82. The van der Waals surface area contributed by atoms with E-state index in [1.165, 1.54) is 0 Å². The van der Waals surface area contributed by atoms with Crippen molar-refractivity contribution >= 4 is 12.0 Å². The molecule has 0 aromatic carbocycles. The van der Waals surface area contributed by atoms with Crippen LogP contribution in [0.5, 0.6) is 0 Å². The Hall–Kier alpha value is -1.77. The van der Waals surface area contributed by atoms with Crippen LogP contribution < -0.4 is 5.32 Å². The maximum Gasteiger partial charge on any atom is 0.410 e. The predicted octanol–water partition coefficient (Wildman–Crippen LogP) is 2.98. The number of carbonyl (C=O) groups is 2. The van der Waals surface area contributed by atoms with Crippen molar-refractivity contribution in [2.24, 2.45) is 5.92 Å². The van der Waals surface area contributed by atoms with Crippen molar-refractivity contribution in [3.63, 3.8) is 0 Å². The van der Waals surface area contributed by atoms with Crippen molar-refractivity contribution < 1.29 is 14.3 Å². The Balaban J connectivity index is 1.84. The molecule has 6 nitrogen and oxygen atoms in total. The normalized spacial score (nSPS) is 21.7. The number of nitrogens with one attached hydrogen (secondary N) is 1. The number of nitriles is 1. The van der Waals surface area contributed by atoms with Crippen LogP contribution >= 0.6 is 0 Å². The van der Waals surface area contributed by atoms with Gasteiger partial charge >= 0.3 is 6.09 Å². The van der Waals surface area contributed by atoms with Crippen LogP contribution in [0.25, 0.3) is 0 Å². The van der Waals surface area contributed by atoms with Crippen molar-refractivity contribution in [1.29, 1.82) is 5.26 Å². The van der Waals surface area contributed by atoms with E-state index < -0.39 is 11.1 Å². The first-order valence-corrected chi connectivity index (χ1v) is 8.96. The minimum Gasteiger partial charge on any atom is -0.444 e. The highest BCUT2D eigenvalue weighted by Gasteiger charge is 2.37. The Morgan fingerprint density at radius 2 is 1.75 bits per heavy atom. The fourth-order valence-corrected chi connectivity index (χ4v) is 3.41. The average molecular weight is 335 g/mol. The third kappa shape index (κ3) is 4.86. The molecule has 0 atom stereocenters. The van der Waals surface area contributed by atoms with Gasteiger partial charge in [0.05, 0.1) is 6.07 Å². The Kier molecular flexibility index (Phi) is 5.74. The Labute approximate surface area is 144 Å². The van der Waals surface area contributed by atoms with Gasteiger partial charge in [0.2, 0.25) is 5.91 Å². The van der Waals surface area contributed by atoms with E-state index in [4.69, 9.17) is 4.74 Å². The first-order chi connectivity index (χ1) is 11.2. The van der Waals surface area contributed by atoms with E-state index in [0.29, 0.717) is 25.9 Å². The third-order valence-corrected chi connectivity index (χ3v) is 4.80. The van der Waals surface area contributed by atoms with E-state index in [0.717, 1.165) is 32.1 Å². The number of hydrogen-bond acceptors (Lipinski definition) is 4. The molecule has 1 N–H and O–H groups in total. The Morgan fingerprint density at radius 3 is 2.25 bits per heavy atom. The first-order valence-electron chi connectivity index (χ1n) is 8.96. The fourth-order valence-electron chi connectivity index (χ4n) is 3.41. The molecule has 2 aliphatic rings. The number of carbonyl (C=O) groups excluding carboxylic acids is 2. The van der Waals surface area contributed by atoms with E-state index >= 15 is 0 Å². The molecule has 24 heavy (non-hydrogen) atoms. The van der Waals surface area contributed by atoms with E-state index in [9.17, 15) is 14.9 Å². The summed E-state index contributed by atoms with van der Waals surface area (Å²) in [5.74, 6) is -0.168. The summed E-state index contributed by atoms with van der Waals surface area (Å²) in [6.45, 7) is 6.57. The molecule has 1 aliphatic carbocycles. The van der Waals surface area contributed by atoms with Crippen molar-refractivity contribution in [1.82, 2.24) is 10.2 Å². The summed E-state index contributed by atoms with van der Waals surface area (Å²) in [6, 6.07) is 2.32. The Bertz CT molecular complexity index is 505. The van der Waals surface area contributed by atoms with Crippen LogP contribution in [-0.2, 0) is 9.53 Å². The van der Waals surface area contributed by atoms with Crippen molar-refractivity contribution in [2.45, 2.75) is 76.9 Å². The van der Waals surface area contributed by atoms with Crippen LogP contribution in [0.2, 0.25) is 0 Å². The van der Waals surface area contributed by atoms with Crippen LogP contribution in [0.1, 0.15) is 65.7 Å². The summed E-state index contributed by atoms with van der Waals surface area (Å²) in [7, 11) is 0. The largest absolute Gasteiger partial charge is 0.444 e. The Morgan fingerprint density at radius 1 is 1.17 bits per heavy atom. The van der Waals surface area contributed by atoms with Crippen molar-refractivity contribution in [2.75, 3.05) is 13.1 Å². The van der Waals surface area contributed by atoms with Gasteiger partial charge in [0, 0.05) is 19.0 Å². The van der Waals surface area contributed by atoms with E-state index in [2.05, 4.69) is 11.4 Å². The summed E-state index contributed by atoms with van der Waals surface area (Å²) in [5.41, 5.74) is -1.19. The molecule has 2 amide bonds. The van der Waals surface area contributed by atoms with Crippen LogP contribution in [0.4, 0.5) is 4.79 Å². The lowest BCUT2D eigenvalue weighted by Gasteiger charge is -2.36. The third-order valence-electron chi connectivity index (χ3n) is 4.80. The van der Waals surface area contributed by atoms with E-state index in [1.807, 2.05) is 20.8 Å². The maximum atomic E-state index is 12.5. The summed E-state index contributed by atoms with van der Waals surface area (Å²) < 4.78 is 5.37. The molecule has 0 aromatic rings. The van der Waals surface area contributed by atoms with Crippen molar-refractivity contribution in [3.05, 3.63) is 0 Å². The molecule has 6 heteroatoms. The zero-order valence-electron chi connectivity index (χ0n) is 15.1. The van der Waals surface area contributed by atoms with Crippen LogP contribution in [-0.4, -0.2) is 41.1 Å². The lowest BCUT2D eigenvalue weighted by Crippen LogP contribution is -2.52. The maximum absolute atomic E-state index is 12.5. The number of amides is 2. The molecule has 1 aliphatic heterocycles. The molecule has 134 valence electrons. The van der Waals surface area contributed by atoms with Gasteiger partial charge in [0.25, 0.3) is 0 Å². The molecule has 0 bridgehead atoms. The summed E-state index contributed by atoms with van der Waals surface area (Å²) in [5, 5.41) is 12.5. The molecule has 2 fully saturated rings. The van der Waals surface area contributed by atoms with Crippen molar-refractivity contribution in [3.8, 4) is 6.07 Å². The quantitative estimate of drug-likeness (QED) is 0.841. The zero-order valence-corrected chi connectivity index (χ0v) is 15.1. The summed E-state index contributed by atoms with van der Waals surface area (Å²) in [4.78, 5) is 26.3. The predicted molar refractivity (Wildman–Crippen MR) is 90.1 cm³/mol. The standard InChI is InChI=1S/C18H29N3O3/c1-17(2,3)24-16(23)21-11-7-14(8-12-21)15(22)20-18(13-19)9-5-4-6-10-18/h14H,4-12H2,1-3H3,(H,20,22). The fraction of sp³-hybridized carbons (Fsp3) is 0.833. The van der Waals surface area contributed by atoms with Gasteiger partial charge in [-0.15, -0.1) is 0 Å². The van der Waals surface area contributed by atoms with Gasteiger partial charge < -0.3 is 15.0 Å². The molecule has 0 radical (unpaired) electrons. The first kappa shape index (κ1) is 18.6. The van der Waals surface area contributed by atoms with Crippen LogP contribution in [0.15, 0.2) is 0 Å². The zero-order chi connectivity index (χ0) is 17.8. The molecular weight excluding hydrogens is 306 g/mol. The number of rotatable bonds is 2. The van der Waals surface area contributed by atoms with E-state index in [-0.39, 0.29) is 17.9 Å². The minimum atomic E-state index is -0.683. The highest BCUT2D eigenvalue weighted by molar-refractivity contribution is 5.80. The number of hydrogen-bond donors (Lipinski definition) is 1. The molecule has 2 rings (SSSR count). The van der Waals surface area contributed by atoms with Gasteiger partial charge in [0.1, 0.15) is 11.1 Å². The SMILES string of the molecule is CC(C)(C)OC(=O)N1CCC(C(=O)NC2(C#N)CCCCC2)CC1. The molecule has 0 unspecified atom stereocenters. The van der Waals surface area contributed by atoms with Gasteiger partial charge in [-0.3, -0.25) is 4.79 Å². The molecule has 0 aromatic heterocycles. The number of piperidine rings is 1. The van der Waals surface area contributed by atoms with E-state index in [1.54, 1.807) is 4.90 Å². The summed E-state index contributed by atoms with van der Waals surface area (Å²) >= 11 is 0. The highest BCUT2D eigenvalue weighted by Crippen LogP contribution is 2.29. The molecule has 0 spiro atoms. The van der Waals surface area contributed by atoms with Crippen LogP contribution in [0.3, 0.4) is 0 Å². The smallest absolute Gasteiger partial charge is 0.410 e. The number of likely N-dealkylation sites (tertiary alicyclic amines) is 1.